The van der Waals surface area contributed by atoms with E-state index in [-0.39, 0.29) is 5.56 Å². The summed E-state index contributed by atoms with van der Waals surface area (Å²) in [7, 11) is 0. The predicted molar refractivity (Wildman–Crippen MR) is 88.4 cm³/mol. The summed E-state index contributed by atoms with van der Waals surface area (Å²) in [6.45, 7) is 8.78. The lowest BCUT2D eigenvalue weighted by atomic mass is 10.0. The van der Waals surface area contributed by atoms with Crippen LogP contribution in [0.25, 0.3) is 0 Å². The number of aromatic amines is 1. The average Bonchev–Trinajstić information content (AvgIpc) is 2.95. The number of nitrogens with zero attached hydrogens (tertiary/aromatic N) is 4. The van der Waals surface area contributed by atoms with E-state index in [9.17, 15) is 4.79 Å². The Morgan fingerprint density at radius 3 is 2.74 bits per heavy atom. The zero-order valence-corrected chi connectivity index (χ0v) is 13.9. The van der Waals surface area contributed by atoms with Gasteiger partial charge in [-0.25, -0.2) is 15.0 Å². The molecule has 0 aromatic carbocycles. The van der Waals surface area contributed by atoms with Crippen LogP contribution in [0.15, 0.2) is 23.3 Å². The minimum absolute atomic E-state index is 0.0661. The van der Waals surface area contributed by atoms with Crippen molar-refractivity contribution in [1.82, 2.24) is 24.8 Å². The first kappa shape index (κ1) is 15.8. The van der Waals surface area contributed by atoms with Gasteiger partial charge in [0.05, 0.1) is 5.69 Å². The summed E-state index contributed by atoms with van der Waals surface area (Å²) in [5, 5.41) is 0. The molecule has 2 aromatic heterocycles. The van der Waals surface area contributed by atoms with Crippen molar-refractivity contribution in [2.45, 2.75) is 45.6 Å². The molecule has 1 atom stereocenters. The van der Waals surface area contributed by atoms with Crippen molar-refractivity contribution >= 4 is 0 Å². The first-order chi connectivity index (χ1) is 11.0. The average molecular weight is 313 g/mol. The van der Waals surface area contributed by atoms with Crippen molar-refractivity contribution in [2.24, 2.45) is 0 Å². The second-order valence-corrected chi connectivity index (χ2v) is 6.58. The second-order valence-electron chi connectivity index (χ2n) is 6.58. The minimum Gasteiger partial charge on any atom is -0.311 e. The Balaban J connectivity index is 1.64. The Labute approximate surface area is 136 Å². The molecule has 122 valence electrons. The standard InChI is InChI=1S/C17H23N5O/c1-11(2)17-18-7-13(8-19-17)9-22-5-4-14(10-22)15-6-16(23)21-12(3)20-15/h6-8,11,14H,4-5,9-10H2,1-3H3,(H,20,21,23)/t14-/m0/s1. The van der Waals surface area contributed by atoms with Crippen LogP contribution < -0.4 is 5.56 Å². The summed E-state index contributed by atoms with van der Waals surface area (Å²) in [5.74, 6) is 2.25. The summed E-state index contributed by atoms with van der Waals surface area (Å²) in [6, 6.07) is 1.63. The first-order valence-corrected chi connectivity index (χ1v) is 8.12. The number of hydrogen-bond donors (Lipinski definition) is 1. The Morgan fingerprint density at radius 1 is 1.35 bits per heavy atom. The Hall–Kier alpha value is -2.08. The van der Waals surface area contributed by atoms with E-state index >= 15 is 0 Å². The molecular weight excluding hydrogens is 290 g/mol. The quantitative estimate of drug-likeness (QED) is 0.934. The number of hydrogen-bond acceptors (Lipinski definition) is 5. The van der Waals surface area contributed by atoms with E-state index in [0.717, 1.165) is 43.1 Å². The molecule has 0 aliphatic carbocycles. The van der Waals surface area contributed by atoms with E-state index in [1.165, 1.54) is 0 Å². The van der Waals surface area contributed by atoms with Crippen LogP contribution in [0.5, 0.6) is 0 Å². The number of aryl methyl sites for hydroxylation is 1. The van der Waals surface area contributed by atoms with E-state index in [1.54, 1.807) is 6.07 Å². The molecule has 3 heterocycles. The fourth-order valence-corrected chi connectivity index (χ4v) is 3.03. The third-order valence-corrected chi connectivity index (χ3v) is 4.22. The van der Waals surface area contributed by atoms with Gasteiger partial charge in [0.2, 0.25) is 0 Å². The Morgan fingerprint density at radius 2 is 2.09 bits per heavy atom. The number of rotatable bonds is 4. The summed E-state index contributed by atoms with van der Waals surface area (Å²) in [5.41, 5.74) is 1.97. The van der Waals surface area contributed by atoms with Gasteiger partial charge in [-0.1, -0.05) is 13.8 Å². The Kier molecular flexibility index (Phi) is 4.52. The molecule has 3 rings (SSSR count). The minimum atomic E-state index is -0.0661. The van der Waals surface area contributed by atoms with Crippen LogP contribution in [0.4, 0.5) is 0 Å². The molecule has 1 aliphatic rings. The lowest BCUT2D eigenvalue weighted by molar-refractivity contribution is 0.325. The van der Waals surface area contributed by atoms with Crippen LogP contribution in [0.3, 0.4) is 0 Å². The Bertz CT molecular complexity index is 723. The van der Waals surface area contributed by atoms with Crippen LogP contribution in [-0.4, -0.2) is 37.9 Å². The van der Waals surface area contributed by atoms with Crippen LogP contribution in [-0.2, 0) is 6.54 Å². The molecule has 1 N–H and O–H groups in total. The normalized spacial score (nSPS) is 18.7. The third-order valence-electron chi connectivity index (χ3n) is 4.22. The molecule has 23 heavy (non-hydrogen) atoms. The van der Waals surface area contributed by atoms with Crippen LogP contribution in [0.2, 0.25) is 0 Å². The van der Waals surface area contributed by atoms with Crippen LogP contribution in [0, 0.1) is 6.92 Å². The van der Waals surface area contributed by atoms with Gasteiger partial charge in [-0.3, -0.25) is 9.69 Å². The predicted octanol–water partition coefficient (Wildman–Crippen LogP) is 1.98. The van der Waals surface area contributed by atoms with Gasteiger partial charge in [-0.15, -0.1) is 0 Å². The smallest absolute Gasteiger partial charge is 0.251 e. The van der Waals surface area contributed by atoms with Gasteiger partial charge in [-0.2, -0.15) is 0 Å². The van der Waals surface area contributed by atoms with Crippen molar-refractivity contribution in [2.75, 3.05) is 13.1 Å². The number of likely N-dealkylation sites (tertiary alicyclic amines) is 1. The number of nitrogens with one attached hydrogen (secondary N) is 1. The fraction of sp³-hybridized carbons (Fsp3) is 0.529. The van der Waals surface area contributed by atoms with Gasteiger partial charge in [0.25, 0.3) is 5.56 Å². The maximum absolute atomic E-state index is 11.6. The molecule has 1 aliphatic heterocycles. The molecule has 6 heteroatoms. The fourth-order valence-electron chi connectivity index (χ4n) is 3.03. The van der Waals surface area contributed by atoms with E-state index in [0.29, 0.717) is 17.7 Å². The molecule has 2 aromatic rings. The van der Waals surface area contributed by atoms with Gasteiger partial charge >= 0.3 is 0 Å². The highest BCUT2D eigenvalue weighted by Gasteiger charge is 2.25. The van der Waals surface area contributed by atoms with Gasteiger partial charge in [0, 0.05) is 48.9 Å². The second kappa shape index (κ2) is 6.58. The molecule has 0 amide bonds. The highest BCUT2D eigenvalue weighted by molar-refractivity contribution is 5.12. The van der Waals surface area contributed by atoms with E-state index in [4.69, 9.17) is 0 Å². The maximum atomic E-state index is 11.6. The summed E-state index contributed by atoms with van der Waals surface area (Å²) in [4.78, 5) is 30.0. The summed E-state index contributed by atoms with van der Waals surface area (Å²) >= 11 is 0. The molecule has 0 unspecified atom stereocenters. The topological polar surface area (TPSA) is 74.8 Å². The molecule has 0 saturated carbocycles. The first-order valence-electron chi connectivity index (χ1n) is 8.12. The molecule has 1 fully saturated rings. The highest BCUT2D eigenvalue weighted by atomic mass is 16.1. The van der Waals surface area contributed by atoms with Crippen LogP contribution in [0.1, 0.15) is 55.0 Å². The zero-order valence-electron chi connectivity index (χ0n) is 13.9. The number of H-pyrrole nitrogens is 1. The third kappa shape index (κ3) is 3.82. The summed E-state index contributed by atoms with van der Waals surface area (Å²) in [6.07, 6.45) is 4.87. The van der Waals surface area contributed by atoms with E-state index in [1.807, 2.05) is 19.3 Å². The number of aromatic nitrogens is 4. The lowest BCUT2D eigenvalue weighted by Crippen LogP contribution is -2.21. The molecule has 0 spiro atoms. The van der Waals surface area contributed by atoms with Gasteiger partial charge in [-0.05, 0) is 19.9 Å². The van der Waals surface area contributed by atoms with E-state index < -0.39 is 0 Å². The highest BCUT2D eigenvalue weighted by Crippen LogP contribution is 2.26. The SMILES string of the molecule is Cc1nc([C@H]2CCN(Cc3cnc(C(C)C)nc3)C2)cc(=O)[nH]1. The van der Waals surface area contributed by atoms with Gasteiger partial charge in [0.1, 0.15) is 11.6 Å². The lowest BCUT2D eigenvalue weighted by Gasteiger charge is -2.16. The maximum Gasteiger partial charge on any atom is 0.251 e. The zero-order chi connectivity index (χ0) is 16.4. The molecule has 1 saturated heterocycles. The van der Waals surface area contributed by atoms with Gasteiger partial charge in [0.15, 0.2) is 0 Å². The van der Waals surface area contributed by atoms with Crippen molar-refractivity contribution < 1.29 is 0 Å². The van der Waals surface area contributed by atoms with Crippen molar-refractivity contribution in [3.63, 3.8) is 0 Å². The summed E-state index contributed by atoms with van der Waals surface area (Å²) < 4.78 is 0. The largest absolute Gasteiger partial charge is 0.311 e. The van der Waals surface area contributed by atoms with E-state index in [2.05, 4.69) is 38.7 Å². The molecule has 0 radical (unpaired) electrons. The van der Waals surface area contributed by atoms with Crippen molar-refractivity contribution in [1.29, 1.82) is 0 Å². The molecule has 6 nitrogen and oxygen atoms in total. The molecule has 0 bridgehead atoms. The van der Waals surface area contributed by atoms with Gasteiger partial charge < -0.3 is 4.98 Å². The van der Waals surface area contributed by atoms with Crippen molar-refractivity contribution in [3.8, 4) is 0 Å². The van der Waals surface area contributed by atoms with Crippen molar-refractivity contribution in [3.05, 3.63) is 51.7 Å². The van der Waals surface area contributed by atoms with Crippen LogP contribution >= 0.6 is 0 Å². The molecular formula is C17H23N5O. The monoisotopic (exact) mass is 313 g/mol.